The number of likely N-dealkylation sites (N-methyl/N-ethyl adjacent to an activating group) is 2. The summed E-state index contributed by atoms with van der Waals surface area (Å²) in [5, 5.41) is 12.2. The molecule has 4 nitrogen and oxygen atoms in total. The van der Waals surface area contributed by atoms with Crippen LogP contribution in [0.15, 0.2) is 0 Å². The van der Waals surface area contributed by atoms with Gasteiger partial charge in [0, 0.05) is 31.7 Å². The first-order valence-electron chi connectivity index (χ1n) is 6.06. The highest BCUT2D eigenvalue weighted by atomic mass is 15.3. The Bertz CT molecular complexity index is 256. The lowest BCUT2D eigenvalue weighted by molar-refractivity contribution is 0.0380. The van der Waals surface area contributed by atoms with Crippen LogP contribution in [-0.2, 0) is 0 Å². The van der Waals surface area contributed by atoms with Gasteiger partial charge in [-0.1, -0.05) is 6.92 Å². The van der Waals surface area contributed by atoms with Crippen molar-refractivity contribution in [2.24, 2.45) is 0 Å². The van der Waals surface area contributed by atoms with Crippen molar-refractivity contribution in [1.29, 1.82) is 5.26 Å². The van der Waals surface area contributed by atoms with Crippen molar-refractivity contribution in [3.05, 3.63) is 0 Å². The van der Waals surface area contributed by atoms with E-state index >= 15 is 0 Å². The molecule has 0 aromatic carbocycles. The van der Waals surface area contributed by atoms with Gasteiger partial charge in [-0.2, -0.15) is 5.26 Å². The summed E-state index contributed by atoms with van der Waals surface area (Å²) < 4.78 is 0. The molecule has 0 aliphatic carbocycles. The second-order valence-electron chi connectivity index (χ2n) is 5.21. The van der Waals surface area contributed by atoms with Gasteiger partial charge in [0.25, 0.3) is 0 Å². The average molecular weight is 224 g/mol. The number of nitriles is 1. The minimum Gasteiger partial charge on any atom is -0.301 e. The summed E-state index contributed by atoms with van der Waals surface area (Å²) >= 11 is 0. The maximum Gasteiger partial charge on any atom is 0.108 e. The van der Waals surface area contributed by atoms with Gasteiger partial charge in [0.1, 0.15) is 6.04 Å². The zero-order valence-electron chi connectivity index (χ0n) is 11.0. The third-order valence-electron chi connectivity index (χ3n) is 3.44. The highest BCUT2D eigenvalue weighted by Gasteiger charge is 2.31. The summed E-state index contributed by atoms with van der Waals surface area (Å²) in [5.41, 5.74) is 0.213. The zero-order chi connectivity index (χ0) is 12.2. The first-order valence-corrected chi connectivity index (χ1v) is 6.06. The number of hydrogen-bond acceptors (Lipinski definition) is 4. The van der Waals surface area contributed by atoms with Gasteiger partial charge in [-0.05, 0) is 27.4 Å². The molecule has 1 rings (SSSR count). The van der Waals surface area contributed by atoms with E-state index in [1.807, 2.05) is 6.92 Å². The third-order valence-corrected chi connectivity index (χ3v) is 3.44. The molecule has 0 spiro atoms. The molecule has 1 fully saturated rings. The van der Waals surface area contributed by atoms with Crippen LogP contribution in [0.2, 0.25) is 0 Å². The van der Waals surface area contributed by atoms with Crippen LogP contribution < -0.4 is 5.32 Å². The molecule has 0 aromatic heterocycles. The summed E-state index contributed by atoms with van der Waals surface area (Å²) in [6.45, 7) is 11.4. The fraction of sp³-hybridized carbons (Fsp3) is 0.917. The summed E-state index contributed by atoms with van der Waals surface area (Å²) in [6.07, 6.45) is 0. The van der Waals surface area contributed by atoms with Gasteiger partial charge in [-0.25, -0.2) is 0 Å². The van der Waals surface area contributed by atoms with E-state index in [2.05, 4.69) is 42.1 Å². The van der Waals surface area contributed by atoms with Crippen molar-refractivity contribution < 1.29 is 0 Å². The zero-order valence-corrected chi connectivity index (χ0v) is 11.0. The van der Waals surface area contributed by atoms with Gasteiger partial charge in [0.15, 0.2) is 0 Å². The summed E-state index contributed by atoms with van der Waals surface area (Å²) in [5.74, 6) is 0. The Kier molecular flexibility index (Phi) is 4.72. The van der Waals surface area contributed by atoms with Gasteiger partial charge < -0.3 is 5.32 Å². The normalized spacial score (nSPS) is 23.9. The quantitative estimate of drug-likeness (QED) is 0.756. The smallest absolute Gasteiger partial charge is 0.108 e. The number of rotatable bonds is 4. The van der Waals surface area contributed by atoms with E-state index in [0.717, 1.165) is 32.7 Å². The van der Waals surface area contributed by atoms with Gasteiger partial charge in [0.05, 0.1) is 6.07 Å². The maximum absolute atomic E-state index is 9.02. The van der Waals surface area contributed by atoms with Crippen LogP contribution >= 0.6 is 0 Å². The van der Waals surface area contributed by atoms with Gasteiger partial charge in [-0.15, -0.1) is 0 Å². The van der Waals surface area contributed by atoms with Crippen LogP contribution in [0.3, 0.4) is 0 Å². The number of nitrogens with one attached hydrogen (secondary N) is 1. The molecular formula is C12H24N4. The van der Waals surface area contributed by atoms with Crippen molar-refractivity contribution in [2.75, 3.05) is 39.8 Å². The van der Waals surface area contributed by atoms with Crippen LogP contribution in [0.4, 0.5) is 0 Å². The van der Waals surface area contributed by atoms with E-state index in [1.165, 1.54) is 0 Å². The molecular weight excluding hydrogens is 200 g/mol. The molecule has 4 heteroatoms. The largest absolute Gasteiger partial charge is 0.301 e. The number of hydrogen-bond donors (Lipinski definition) is 1. The van der Waals surface area contributed by atoms with Gasteiger partial charge >= 0.3 is 0 Å². The molecule has 92 valence electrons. The molecule has 0 bridgehead atoms. The lowest BCUT2D eigenvalue weighted by Gasteiger charge is -2.45. The predicted octanol–water partition coefficient (Wildman–Crippen LogP) is 0.514. The Morgan fingerprint density at radius 3 is 2.62 bits per heavy atom. The van der Waals surface area contributed by atoms with E-state index in [-0.39, 0.29) is 11.6 Å². The summed E-state index contributed by atoms with van der Waals surface area (Å²) in [4.78, 5) is 4.77. The van der Waals surface area contributed by atoms with Crippen LogP contribution in [0.25, 0.3) is 0 Å². The van der Waals surface area contributed by atoms with Gasteiger partial charge in [0.2, 0.25) is 0 Å². The molecule has 0 amide bonds. The van der Waals surface area contributed by atoms with Crippen molar-refractivity contribution in [2.45, 2.75) is 32.4 Å². The fourth-order valence-electron chi connectivity index (χ4n) is 2.15. The SMILES string of the molecule is CCNC(C#N)CN1CCN(C)C(C)(C)C1. The molecule has 1 N–H and O–H groups in total. The Balaban J connectivity index is 2.47. The lowest BCUT2D eigenvalue weighted by atomic mass is 9.99. The van der Waals surface area contributed by atoms with Crippen LogP contribution in [0.5, 0.6) is 0 Å². The lowest BCUT2D eigenvalue weighted by Crippen LogP contribution is -2.59. The van der Waals surface area contributed by atoms with Crippen molar-refractivity contribution in [1.82, 2.24) is 15.1 Å². The van der Waals surface area contributed by atoms with Crippen LogP contribution in [-0.4, -0.2) is 61.2 Å². The third kappa shape index (κ3) is 3.44. The highest BCUT2D eigenvalue weighted by molar-refractivity contribution is 4.95. The monoisotopic (exact) mass is 224 g/mol. The number of nitrogens with zero attached hydrogens (tertiary/aromatic N) is 3. The Morgan fingerprint density at radius 2 is 2.12 bits per heavy atom. The standard InChI is InChI=1S/C12H24N4/c1-5-14-11(8-13)9-16-7-6-15(4)12(2,3)10-16/h11,14H,5-7,9-10H2,1-4H3. The summed E-state index contributed by atoms with van der Waals surface area (Å²) in [6, 6.07) is 2.28. The Hall–Kier alpha value is -0.630. The average Bonchev–Trinajstić information content (AvgIpc) is 2.22. The van der Waals surface area contributed by atoms with Crippen molar-refractivity contribution in [3.63, 3.8) is 0 Å². The summed E-state index contributed by atoms with van der Waals surface area (Å²) in [7, 11) is 2.17. The van der Waals surface area contributed by atoms with Crippen molar-refractivity contribution >= 4 is 0 Å². The Morgan fingerprint density at radius 1 is 1.44 bits per heavy atom. The van der Waals surface area contributed by atoms with E-state index in [4.69, 9.17) is 5.26 Å². The molecule has 1 saturated heterocycles. The van der Waals surface area contributed by atoms with E-state index < -0.39 is 0 Å². The molecule has 1 atom stereocenters. The first-order chi connectivity index (χ1) is 7.49. The van der Waals surface area contributed by atoms with Crippen LogP contribution in [0, 0.1) is 11.3 Å². The predicted molar refractivity (Wildman–Crippen MR) is 66.2 cm³/mol. The van der Waals surface area contributed by atoms with Crippen molar-refractivity contribution in [3.8, 4) is 6.07 Å². The molecule has 1 aliphatic heterocycles. The van der Waals surface area contributed by atoms with Gasteiger partial charge in [-0.3, -0.25) is 9.80 Å². The first kappa shape index (κ1) is 13.4. The molecule has 0 radical (unpaired) electrons. The molecule has 1 heterocycles. The molecule has 0 saturated carbocycles. The minimum absolute atomic E-state index is 0.0378. The molecule has 1 unspecified atom stereocenters. The second kappa shape index (κ2) is 5.62. The Labute approximate surface area is 99.2 Å². The fourth-order valence-corrected chi connectivity index (χ4v) is 2.15. The van der Waals surface area contributed by atoms with Crippen LogP contribution in [0.1, 0.15) is 20.8 Å². The minimum atomic E-state index is -0.0378. The van der Waals surface area contributed by atoms with E-state index in [9.17, 15) is 0 Å². The highest BCUT2D eigenvalue weighted by Crippen LogP contribution is 2.18. The second-order valence-corrected chi connectivity index (χ2v) is 5.21. The molecule has 1 aliphatic rings. The topological polar surface area (TPSA) is 42.3 Å². The molecule has 16 heavy (non-hydrogen) atoms. The van der Waals surface area contributed by atoms with E-state index in [0.29, 0.717) is 0 Å². The molecule has 0 aromatic rings. The maximum atomic E-state index is 9.02. The van der Waals surface area contributed by atoms with E-state index in [1.54, 1.807) is 0 Å². The number of piperazine rings is 1.